The van der Waals surface area contributed by atoms with Crippen molar-refractivity contribution in [3.63, 3.8) is 0 Å². The standard InChI is InChI=1S/C20H25ClN6O/c1-15-20-18(24(2)23-15)13-22-27(20)8-7-19(28)26-11-9-25(10-12-26)14-16-3-5-17(21)6-4-16/h3-6,13H,7-12,14H2,1-2H3. The number of rotatable bonds is 5. The molecule has 0 unspecified atom stereocenters. The van der Waals surface area contributed by atoms with Crippen LogP contribution in [0.1, 0.15) is 17.7 Å². The Bertz CT molecular complexity index is 969. The van der Waals surface area contributed by atoms with E-state index in [1.807, 2.05) is 46.6 Å². The van der Waals surface area contributed by atoms with Gasteiger partial charge in [0.15, 0.2) is 0 Å². The van der Waals surface area contributed by atoms with Crippen molar-refractivity contribution < 1.29 is 4.79 Å². The minimum atomic E-state index is 0.191. The smallest absolute Gasteiger partial charge is 0.224 e. The zero-order valence-electron chi connectivity index (χ0n) is 16.3. The molecule has 148 valence electrons. The van der Waals surface area contributed by atoms with Crippen molar-refractivity contribution in [2.24, 2.45) is 7.05 Å². The average molecular weight is 401 g/mol. The lowest BCUT2D eigenvalue weighted by atomic mass is 10.2. The normalized spacial score (nSPS) is 15.5. The summed E-state index contributed by atoms with van der Waals surface area (Å²) in [4.78, 5) is 17.0. The number of nitrogens with zero attached hydrogens (tertiary/aromatic N) is 6. The second-order valence-electron chi connectivity index (χ2n) is 7.34. The van der Waals surface area contributed by atoms with Gasteiger partial charge in [0.05, 0.1) is 18.4 Å². The Kier molecular flexibility index (Phi) is 5.37. The molecule has 3 heterocycles. The van der Waals surface area contributed by atoms with Gasteiger partial charge in [-0.25, -0.2) is 0 Å². The number of carbonyl (C=O) groups is 1. The quantitative estimate of drug-likeness (QED) is 0.660. The molecule has 1 amide bonds. The number of benzene rings is 1. The first-order valence-electron chi connectivity index (χ1n) is 9.61. The summed E-state index contributed by atoms with van der Waals surface area (Å²) in [6, 6.07) is 7.97. The lowest BCUT2D eigenvalue weighted by Crippen LogP contribution is -2.48. The molecule has 3 aromatic rings. The maximum Gasteiger partial charge on any atom is 0.224 e. The van der Waals surface area contributed by atoms with E-state index in [4.69, 9.17) is 11.6 Å². The summed E-state index contributed by atoms with van der Waals surface area (Å²) >= 11 is 5.95. The minimum Gasteiger partial charge on any atom is -0.340 e. The number of piperazine rings is 1. The van der Waals surface area contributed by atoms with Gasteiger partial charge < -0.3 is 4.90 Å². The first-order valence-corrected chi connectivity index (χ1v) is 9.99. The van der Waals surface area contributed by atoms with Crippen LogP contribution in [0.4, 0.5) is 0 Å². The van der Waals surface area contributed by atoms with E-state index in [-0.39, 0.29) is 5.91 Å². The van der Waals surface area contributed by atoms with Gasteiger partial charge in [0, 0.05) is 51.2 Å². The molecule has 1 aromatic carbocycles. The van der Waals surface area contributed by atoms with E-state index in [0.717, 1.165) is 54.5 Å². The summed E-state index contributed by atoms with van der Waals surface area (Å²) in [5, 5.41) is 9.61. The van der Waals surface area contributed by atoms with Crippen LogP contribution in [0, 0.1) is 6.92 Å². The largest absolute Gasteiger partial charge is 0.340 e. The summed E-state index contributed by atoms with van der Waals surface area (Å²) in [7, 11) is 1.91. The van der Waals surface area contributed by atoms with Gasteiger partial charge in [-0.3, -0.25) is 19.1 Å². The fraction of sp³-hybridized carbons (Fsp3) is 0.450. The number of aryl methyl sites for hydroxylation is 3. The Balaban J connectivity index is 1.28. The molecule has 1 saturated heterocycles. The molecule has 4 rings (SSSR count). The van der Waals surface area contributed by atoms with Gasteiger partial charge in [-0.1, -0.05) is 23.7 Å². The molecule has 1 aliphatic heterocycles. The van der Waals surface area contributed by atoms with Crippen molar-refractivity contribution in [2.45, 2.75) is 26.4 Å². The number of carbonyl (C=O) groups excluding carboxylic acids is 1. The Labute approximate surface area is 169 Å². The molecular formula is C20H25ClN6O. The Morgan fingerprint density at radius 2 is 1.86 bits per heavy atom. The van der Waals surface area contributed by atoms with Gasteiger partial charge in [0.25, 0.3) is 0 Å². The number of amides is 1. The number of hydrogen-bond acceptors (Lipinski definition) is 4. The van der Waals surface area contributed by atoms with Crippen LogP contribution in [0.15, 0.2) is 30.5 Å². The summed E-state index contributed by atoms with van der Waals surface area (Å²) < 4.78 is 3.72. The van der Waals surface area contributed by atoms with Crippen LogP contribution >= 0.6 is 11.6 Å². The van der Waals surface area contributed by atoms with Crippen molar-refractivity contribution in [3.8, 4) is 0 Å². The number of aromatic nitrogens is 4. The van der Waals surface area contributed by atoms with Gasteiger partial charge in [0.1, 0.15) is 11.0 Å². The Hall–Kier alpha value is -2.38. The molecule has 0 bridgehead atoms. The maximum atomic E-state index is 12.7. The number of hydrogen-bond donors (Lipinski definition) is 0. The average Bonchev–Trinajstić information content (AvgIpc) is 3.24. The van der Waals surface area contributed by atoms with Crippen LogP contribution in [-0.4, -0.2) is 61.4 Å². The van der Waals surface area contributed by atoms with E-state index in [9.17, 15) is 4.79 Å². The molecular weight excluding hydrogens is 376 g/mol. The van der Waals surface area contributed by atoms with E-state index in [1.165, 1.54) is 5.56 Å². The first-order chi connectivity index (χ1) is 13.5. The van der Waals surface area contributed by atoms with Crippen molar-refractivity contribution >= 4 is 28.5 Å². The third-order valence-corrected chi connectivity index (χ3v) is 5.65. The van der Waals surface area contributed by atoms with E-state index in [2.05, 4.69) is 27.2 Å². The topological polar surface area (TPSA) is 59.2 Å². The third kappa shape index (κ3) is 3.91. The van der Waals surface area contributed by atoms with Crippen LogP contribution in [0.5, 0.6) is 0 Å². The third-order valence-electron chi connectivity index (χ3n) is 5.39. The lowest BCUT2D eigenvalue weighted by molar-refractivity contribution is -0.133. The van der Waals surface area contributed by atoms with Crippen LogP contribution in [-0.2, 0) is 24.9 Å². The highest BCUT2D eigenvalue weighted by Crippen LogP contribution is 2.17. The van der Waals surface area contributed by atoms with Crippen molar-refractivity contribution in [2.75, 3.05) is 26.2 Å². The van der Waals surface area contributed by atoms with Crippen LogP contribution in [0.3, 0.4) is 0 Å². The summed E-state index contributed by atoms with van der Waals surface area (Å²) in [5.41, 5.74) is 4.21. The van der Waals surface area contributed by atoms with E-state index < -0.39 is 0 Å². The fourth-order valence-electron chi connectivity index (χ4n) is 3.84. The van der Waals surface area contributed by atoms with Crippen molar-refractivity contribution in [1.29, 1.82) is 0 Å². The Morgan fingerprint density at radius 3 is 2.57 bits per heavy atom. The predicted octanol–water partition coefficient (Wildman–Crippen LogP) is 2.47. The van der Waals surface area contributed by atoms with Crippen molar-refractivity contribution in [3.05, 3.63) is 46.7 Å². The van der Waals surface area contributed by atoms with E-state index >= 15 is 0 Å². The minimum absolute atomic E-state index is 0.191. The van der Waals surface area contributed by atoms with E-state index in [0.29, 0.717) is 13.0 Å². The van der Waals surface area contributed by atoms with Crippen molar-refractivity contribution in [1.82, 2.24) is 29.4 Å². The molecule has 0 atom stereocenters. The second kappa shape index (κ2) is 7.93. The summed E-state index contributed by atoms with van der Waals surface area (Å²) in [5.74, 6) is 0.191. The number of halogens is 1. The monoisotopic (exact) mass is 400 g/mol. The number of fused-ring (bicyclic) bond motifs is 1. The highest BCUT2D eigenvalue weighted by molar-refractivity contribution is 6.30. The summed E-state index contributed by atoms with van der Waals surface area (Å²) in [6.07, 6.45) is 2.28. The molecule has 0 N–H and O–H groups in total. The van der Waals surface area contributed by atoms with Crippen LogP contribution in [0.25, 0.3) is 11.0 Å². The highest BCUT2D eigenvalue weighted by atomic mass is 35.5. The zero-order valence-corrected chi connectivity index (χ0v) is 17.1. The molecule has 0 saturated carbocycles. The molecule has 2 aromatic heterocycles. The molecule has 28 heavy (non-hydrogen) atoms. The Morgan fingerprint density at radius 1 is 1.14 bits per heavy atom. The van der Waals surface area contributed by atoms with Gasteiger partial charge in [-0.15, -0.1) is 0 Å². The molecule has 0 spiro atoms. The fourth-order valence-corrected chi connectivity index (χ4v) is 3.97. The molecule has 0 radical (unpaired) electrons. The SMILES string of the molecule is Cc1nn(C)c2cnn(CCC(=O)N3CCN(Cc4ccc(Cl)cc4)CC3)c12. The molecule has 1 fully saturated rings. The van der Waals surface area contributed by atoms with Crippen LogP contribution in [0.2, 0.25) is 5.02 Å². The zero-order chi connectivity index (χ0) is 19.7. The van der Waals surface area contributed by atoms with Gasteiger partial charge in [0.2, 0.25) is 5.91 Å². The lowest BCUT2D eigenvalue weighted by Gasteiger charge is -2.34. The molecule has 1 aliphatic rings. The molecule has 0 aliphatic carbocycles. The van der Waals surface area contributed by atoms with E-state index in [1.54, 1.807) is 0 Å². The second-order valence-corrected chi connectivity index (χ2v) is 7.78. The first kappa shape index (κ1) is 19.0. The van der Waals surface area contributed by atoms with Gasteiger partial charge in [-0.05, 0) is 24.6 Å². The van der Waals surface area contributed by atoms with Crippen LogP contribution < -0.4 is 0 Å². The predicted molar refractivity (Wildman–Crippen MR) is 109 cm³/mol. The maximum absolute atomic E-state index is 12.7. The summed E-state index contributed by atoms with van der Waals surface area (Å²) in [6.45, 7) is 6.77. The highest BCUT2D eigenvalue weighted by Gasteiger charge is 2.21. The molecule has 7 nitrogen and oxygen atoms in total. The van der Waals surface area contributed by atoms with Gasteiger partial charge >= 0.3 is 0 Å². The molecule has 8 heteroatoms. The van der Waals surface area contributed by atoms with Gasteiger partial charge in [-0.2, -0.15) is 10.2 Å².